The number of amides is 2. The summed E-state index contributed by atoms with van der Waals surface area (Å²) in [6.45, 7) is 3.48. The summed E-state index contributed by atoms with van der Waals surface area (Å²) in [5, 5.41) is 3.06. The number of carbonyl (C=O) groups excluding carboxylic acids is 1. The number of likely N-dealkylation sites (tertiary alicyclic amines) is 1. The van der Waals surface area contributed by atoms with Crippen molar-refractivity contribution in [3.63, 3.8) is 0 Å². The number of anilines is 1. The monoisotopic (exact) mass is 316 g/mol. The van der Waals surface area contributed by atoms with Crippen LogP contribution in [0.2, 0.25) is 0 Å². The van der Waals surface area contributed by atoms with Crippen LogP contribution in [-0.4, -0.2) is 30.1 Å². The summed E-state index contributed by atoms with van der Waals surface area (Å²) in [4.78, 5) is 14.8. The Morgan fingerprint density at radius 1 is 1.22 bits per heavy atom. The molecule has 2 amide bonds. The third kappa shape index (κ3) is 3.98. The highest BCUT2D eigenvalue weighted by atomic mass is 16.5. The molecular weight excluding hydrogens is 288 g/mol. The number of nitrogens with one attached hydrogen (secondary N) is 1. The topological polar surface area (TPSA) is 41.6 Å². The number of carbonyl (C=O) groups is 1. The summed E-state index contributed by atoms with van der Waals surface area (Å²) in [5.74, 6) is 1.50. The van der Waals surface area contributed by atoms with E-state index in [1.165, 1.54) is 32.1 Å². The molecule has 1 saturated heterocycles. The summed E-state index contributed by atoms with van der Waals surface area (Å²) in [6, 6.07) is 8.14. The quantitative estimate of drug-likeness (QED) is 0.877. The van der Waals surface area contributed by atoms with Crippen LogP contribution in [0.25, 0.3) is 0 Å². The van der Waals surface area contributed by atoms with E-state index in [9.17, 15) is 4.79 Å². The van der Waals surface area contributed by atoms with E-state index in [0.29, 0.717) is 18.6 Å². The molecule has 126 valence electrons. The van der Waals surface area contributed by atoms with E-state index in [1.54, 1.807) is 0 Å². The van der Waals surface area contributed by atoms with Crippen LogP contribution in [0.15, 0.2) is 24.3 Å². The summed E-state index contributed by atoms with van der Waals surface area (Å²) in [7, 11) is 0. The third-order valence-corrected chi connectivity index (χ3v) is 5.15. The maximum atomic E-state index is 12.7. The lowest BCUT2D eigenvalue weighted by molar-refractivity contribution is 0.166. The molecule has 0 radical (unpaired) electrons. The van der Waals surface area contributed by atoms with Crippen molar-refractivity contribution in [2.45, 2.75) is 57.9 Å². The van der Waals surface area contributed by atoms with Crippen molar-refractivity contribution in [3.8, 4) is 5.75 Å². The molecule has 0 spiro atoms. The van der Waals surface area contributed by atoms with Crippen LogP contribution in [0, 0.1) is 5.92 Å². The predicted molar refractivity (Wildman–Crippen MR) is 92.9 cm³/mol. The Bertz CT molecular complexity index is 526. The van der Waals surface area contributed by atoms with Gasteiger partial charge in [-0.25, -0.2) is 4.79 Å². The molecule has 0 aromatic heterocycles. The highest BCUT2D eigenvalue weighted by molar-refractivity contribution is 5.90. The number of urea groups is 1. The summed E-state index contributed by atoms with van der Waals surface area (Å²) in [6.07, 6.45) is 8.88. The van der Waals surface area contributed by atoms with E-state index in [4.69, 9.17) is 4.74 Å². The van der Waals surface area contributed by atoms with Crippen LogP contribution in [0.3, 0.4) is 0 Å². The van der Waals surface area contributed by atoms with Crippen molar-refractivity contribution in [2.75, 3.05) is 18.5 Å². The molecule has 1 unspecified atom stereocenters. The van der Waals surface area contributed by atoms with Crippen molar-refractivity contribution in [3.05, 3.63) is 24.3 Å². The molecule has 1 aromatic carbocycles. The fraction of sp³-hybridized carbons (Fsp3) is 0.632. The largest absolute Gasteiger partial charge is 0.494 e. The minimum Gasteiger partial charge on any atom is -0.494 e. The molecule has 4 heteroatoms. The average Bonchev–Trinajstić information content (AvgIpc) is 3.06. The summed E-state index contributed by atoms with van der Waals surface area (Å²) in [5.41, 5.74) is 0.815. The molecule has 0 bridgehead atoms. The van der Waals surface area contributed by atoms with Gasteiger partial charge in [0, 0.05) is 24.3 Å². The smallest absolute Gasteiger partial charge is 0.322 e. The SMILES string of the molecule is CCOc1cccc(NC(=O)N2CCCC2C2CCCCC2)c1. The Balaban J connectivity index is 1.63. The van der Waals surface area contributed by atoms with Gasteiger partial charge in [-0.05, 0) is 50.7 Å². The Kier molecular flexibility index (Phi) is 5.42. The van der Waals surface area contributed by atoms with Gasteiger partial charge in [-0.3, -0.25) is 0 Å². The van der Waals surface area contributed by atoms with Crippen LogP contribution >= 0.6 is 0 Å². The molecule has 23 heavy (non-hydrogen) atoms. The van der Waals surface area contributed by atoms with E-state index in [2.05, 4.69) is 10.2 Å². The van der Waals surface area contributed by atoms with Crippen molar-refractivity contribution >= 4 is 11.7 Å². The highest BCUT2D eigenvalue weighted by Gasteiger charge is 2.35. The second kappa shape index (κ2) is 7.71. The van der Waals surface area contributed by atoms with Crippen molar-refractivity contribution in [1.82, 2.24) is 4.90 Å². The highest BCUT2D eigenvalue weighted by Crippen LogP contribution is 2.34. The maximum absolute atomic E-state index is 12.7. The number of ether oxygens (including phenoxy) is 1. The first kappa shape index (κ1) is 16.2. The first-order valence-electron chi connectivity index (χ1n) is 9.08. The zero-order valence-electron chi connectivity index (χ0n) is 14.1. The van der Waals surface area contributed by atoms with Crippen LogP contribution in [0.5, 0.6) is 5.75 Å². The van der Waals surface area contributed by atoms with E-state index in [-0.39, 0.29) is 6.03 Å². The van der Waals surface area contributed by atoms with Gasteiger partial charge < -0.3 is 15.0 Å². The van der Waals surface area contributed by atoms with Gasteiger partial charge in [0.2, 0.25) is 0 Å². The number of hydrogen-bond donors (Lipinski definition) is 1. The van der Waals surface area contributed by atoms with Crippen molar-refractivity contribution < 1.29 is 9.53 Å². The van der Waals surface area contributed by atoms with Crippen LogP contribution < -0.4 is 10.1 Å². The lowest BCUT2D eigenvalue weighted by atomic mass is 9.83. The number of nitrogens with zero attached hydrogens (tertiary/aromatic N) is 1. The molecule has 1 atom stereocenters. The first-order chi connectivity index (χ1) is 11.3. The molecule has 1 aliphatic heterocycles. The van der Waals surface area contributed by atoms with Gasteiger partial charge in [-0.2, -0.15) is 0 Å². The molecule has 1 N–H and O–H groups in total. The Morgan fingerprint density at radius 3 is 2.83 bits per heavy atom. The first-order valence-corrected chi connectivity index (χ1v) is 9.08. The van der Waals surface area contributed by atoms with Gasteiger partial charge in [0.15, 0.2) is 0 Å². The standard InChI is InChI=1S/C19H28N2O2/c1-2-23-17-11-6-10-16(14-17)20-19(22)21-13-7-12-18(21)15-8-4-3-5-9-15/h6,10-11,14-15,18H,2-5,7-9,12-13H2,1H3,(H,20,22). The van der Waals surface area contributed by atoms with E-state index < -0.39 is 0 Å². The van der Waals surface area contributed by atoms with Gasteiger partial charge >= 0.3 is 6.03 Å². The Labute approximate surface area is 139 Å². The zero-order chi connectivity index (χ0) is 16.1. The van der Waals surface area contributed by atoms with Crippen LogP contribution in [0.1, 0.15) is 51.9 Å². The van der Waals surface area contributed by atoms with Gasteiger partial charge in [-0.15, -0.1) is 0 Å². The molecule has 2 aliphatic rings. The molecule has 1 aromatic rings. The molecular formula is C19H28N2O2. The van der Waals surface area contributed by atoms with E-state index in [1.807, 2.05) is 31.2 Å². The van der Waals surface area contributed by atoms with Crippen molar-refractivity contribution in [2.24, 2.45) is 5.92 Å². The number of benzene rings is 1. The normalized spacial score (nSPS) is 22.1. The number of hydrogen-bond acceptors (Lipinski definition) is 2. The molecule has 4 nitrogen and oxygen atoms in total. The fourth-order valence-corrected chi connectivity index (χ4v) is 4.08. The van der Waals surface area contributed by atoms with Crippen LogP contribution in [-0.2, 0) is 0 Å². The van der Waals surface area contributed by atoms with E-state index >= 15 is 0 Å². The van der Waals surface area contributed by atoms with Gasteiger partial charge in [0.25, 0.3) is 0 Å². The van der Waals surface area contributed by atoms with E-state index in [0.717, 1.165) is 30.8 Å². The summed E-state index contributed by atoms with van der Waals surface area (Å²) < 4.78 is 5.50. The summed E-state index contributed by atoms with van der Waals surface area (Å²) >= 11 is 0. The maximum Gasteiger partial charge on any atom is 0.322 e. The molecule has 1 heterocycles. The second-order valence-corrected chi connectivity index (χ2v) is 6.69. The molecule has 3 rings (SSSR count). The van der Waals surface area contributed by atoms with Gasteiger partial charge in [0.1, 0.15) is 5.75 Å². The van der Waals surface area contributed by atoms with Gasteiger partial charge in [0.05, 0.1) is 6.61 Å². The van der Waals surface area contributed by atoms with Gasteiger partial charge in [-0.1, -0.05) is 25.3 Å². The average molecular weight is 316 g/mol. The molecule has 1 aliphatic carbocycles. The Morgan fingerprint density at radius 2 is 2.04 bits per heavy atom. The minimum atomic E-state index is 0.0479. The number of rotatable bonds is 4. The molecule has 2 fully saturated rings. The lowest BCUT2D eigenvalue weighted by Gasteiger charge is -2.34. The van der Waals surface area contributed by atoms with Crippen LogP contribution in [0.4, 0.5) is 10.5 Å². The zero-order valence-corrected chi connectivity index (χ0v) is 14.1. The lowest BCUT2D eigenvalue weighted by Crippen LogP contribution is -2.43. The second-order valence-electron chi connectivity index (χ2n) is 6.69. The third-order valence-electron chi connectivity index (χ3n) is 5.15. The molecule has 1 saturated carbocycles. The Hall–Kier alpha value is -1.71. The van der Waals surface area contributed by atoms with Crippen molar-refractivity contribution in [1.29, 1.82) is 0 Å². The fourth-order valence-electron chi connectivity index (χ4n) is 4.08. The predicted octanol–water partition coefficient (Wildman–Crippen LogP) is 4.66. The minimum absolute atomic E-state index is 0.0479.